The molecule has 2 rings (SSSR count). The highest BCUT2D eigenvalue weighted by Crippen LogP contribution is 2.21. The fraction of sp³-hybridized carbons (Fsp3) is 0.429. The molecule has 0 amide bonds. The molecule has 1 atom stereocenters. The number of aliphatic hydroxyl groups is 1. The van der Waals surface area contributed by atoms with Gasteiger partial charge in [0.15, 0.2) is 0 Å². The van der Waals surface area contributed by atoms with Crippen LogP contribution < -0.4 is 11.1 Å². The van der Waals surface area contributed by atoms with Crippen molar-refractivity contribution in [2.75, 3.05) is 24.2 Å². The lowest BCUT2D eigenvalue weighted by molar-refractivity contribution is 0.258. The van der Waals surface area contributed by atoms with Crippen LogP contribution in [0.3, 0.4) is 0 Å². The predicted molar refractivity (Wildman–Crippen MR) is 77.9 cm³/mol. The zero-order chi connectivity index (χ0) is 13.7. The van der Waals surface area contributed by atoms with Crippen molar-refractivity contribution in [3.8, 4) is 0 Å². The van der Waals surface area contributed by atoms with Gasteiger partial charge in [-0.2, -0.15) is 0 Å². The lowest BCUT2D eigenvalue weighted by Gasteiger charge is -2.15. The number of aromatic nitrogens is 2. The third-order valence-corrected chi connectivity index (χ3v) is 3.33. The molecule has 5 heteroatoms. The lowest BCUT2D eigenvalue weighted by Crippen LogP contribution is -2.16. The van der Waals surface area contributed by atoms with E-state index < -0.39 is 0 Å². The van der Waals surface area contributed by atoms with Crippen LogP contribution in [0.5, 0.6) is 0 Å². The van der Waals surface area contributed by atoms with E-state index >= 15 is 0 Å². The van der Waals surface area contributed by atoms with E-state index in [4.69, 9.17) is 10.8 Å². The number of rotatable bonds is 6. The van der Waals surface area contributed by atoms with Gasteiger partial charge in [-0.25, -0.2) is 9.97 Å². The maximum atomic E-state index is 9.00. The van der Waals surface area contributed by atoms with E-state index in [1.54, 1.807) is 0 Å². The zero-order valence-electron chi connectivity index (χ0n) is 11.1. The van der Waals surface area contributed by atoms with Crippen molar-refractivity contribution in [3.63, 3.8) is 0 Å². The van der Waals surface area contributed by atoms with Crippen molar-refractivity contribution in [2.24, 2.45) is 5.92 Å². The molecule has 5 nitrogen and oxygen atoms in total. The number of benzene rings is 1. The summed E-state index contributed by atoms with van der Waals surface area (Å²) in [5, 5.41) is 13.3. The minimum Gasteiger partial charge on any atom is -0.399 e. The van der Waals surface area contributed by atoms with Gasteiger partial charge in [-0.1, -0.05) is 13.3 Å². The van der Waals surface area contributed by atoms with Crippen LogP contribution in [-0.2, 0) is 0 Å². The van der Waals surface area contributed by atoms with Gasteiger partial charge in [0.25, 0.3) is 0 Å². The van der Waals surface area contributed by atoms with Crippen LogP contribution in [0.1, 0.15) is 19.8 Å². The summed E-state index contributed by atoms with van der Waals surface area (Å²) in [6, 6.07) is 5.62. The van der Waals surface area contributed by atoms with Gasteiger partial charge < -0.3 is 16.2 Å². The molecular formula is C14H20N4O. The molecule has 102 valence electrons. The number of nitrogens with two attached hydrogens (primary N) is 1. The predicted octanol–water partition coefficient (Wildman–Crippen LogP) is 2.03. The summed E-state index contributed by atoms with van der Waals surface area (Å²) in [7, 11) is 0. The van der Waals surface area contributed by atoms with Crippen LogP contribution in [-0.4, -0.2) is 28.2 Å². The first-order valence-corrected chi connectivity index (χ1v) is 6.59. The topological polar surface area (TPSA) is 84.1 Å². The molecule has 0 fully saturated rings. The van der Waals surface area contributed by atoms with Crippen molar-refractivity contribution in [2.45, 2.75) is 19.8 Å². The van der Waals surface area contributed by atoms with Crippen LogP contribution in [0.25, 0.3) is 10.9 Å². The van der Waals surface area contributed by atoms with Gasteiger partial charge in [-0.3, -0.25) is 0 Å². The zero-order valence-corrected chi connectivity index (χ0v) is 11.1. The highest BCUT2D eigenvalue weighted by molar-refractivity contribution is 5.90. The van der Waals surface area contributed by atoms with Gasteiger partial charge >= 0.3 is 0 Å². The van der Waals surface area contributed by atoms with Crippen molar-refractivity contribution in [1.82, 2.24) is 9.97 Å². The third-order valence-electron chi connectivity index (χ3n) is 3.33. The fourth-order valence-electron chi connectivity index (χ4n) is 2.09. The summed E-state index contributed by atoms with van der Waals surface area (Å²) in [6.45, 7) is 3.15. The number of hydrogen-bond acceptors (Lipinski definition) is 5. The van der Waals surface area contributed by atoms with Crippen LogP contribution in [0.15, 0.2) is 24.5 Å². The maximum Gasteiger partial charge on any atom is 0.137 e. The van der Waals surface area contributed by atoms with Gasteiger partial charge in [0.05, 0.1) is 5.52 Å². The average Bonchev–Trinajstić information content (AvgIpc) is 2.43. The molecule has 1 heterocycles. The molecule has 0 aliphatic rings. The van der Waals surface area contributed by atoms with Gasteiger partial charge in [-0.15, -0.1) is 0 Å². The van der Waals surface area contributed by atoms with E-state index in [0.29, 0.717) is 11.6 Å². The summed E-state index contributed by atoms with van der Waals surface area (Å²) in [5.74, 6) is 1.27. The Morgan fingerprint density at radius 1 is 1.37 bits per heavy atom. The van der Waals surface area contributed by atoms with Crippen molar-refractivity contribution in [3.05, 3.63) is 24.5 Å². The molecule has 0 saturated heterocycles. The lowest BCUT2D eigenvalue weighted by atomic mass is 10.0. The maximum absolute atomic E-state index is 9.00. The van der Waals surface area contributed by atoms with E-state index in [-0.39, 0.29) is 6.61 Å². The highest BCUT2D eigenvalue weighted by atomic mass is 16.3. The summed E-state index contributed by atoms with van der Waals surface area (Å²) in [5.41, 5.74) is 7.29. The molecule has 1 aromatic heterocycles. The number of anilines is 2. The molecular weight excluding hydrogens is 240 g/mol. The Morgan fingerprint density at radius 3 is 2.95 bits per heavy atom. The standard InChI is InChI=1S/C14H20N4O/c1-2-10(5-6-19)8-16-14-12-4-3-11(15)7-13(12)17-9-18-14/h3-4,7,9-10,19H,2,5-6,8,15H2,1H3,(H,16,17,18). The first-order chi connectivity index (χ1) is 9.24. The van der Waals surface area contributed by atoms with Gasteiger partial charge in [0, 0.05) is 24.2 Å². The minimum atomic E-state index is 0.223. The van der Waals surface area contributed by atoms with Crippen LogP contribution in [0.2, 0.25) is 0 Å². The molecule has 1 unspecified atom stereocenters. The van der Waals surface area contributed by atoms with Gasteiger partial charge in [-0.05, 0) is 30.5 Å². The van der Waals surface area contributed by atoms with Crippen molar-refractivity contribution >= 4 is 22.4 Å². The van der Waals surface area contributed by atoms with E-state index in [1.807, 2.05) is 18.2 Å². The molecule has 0 bridgehead atoms. The Labute approximate surface area is 112 Å². The summed E-state index contributed by atoms with van der Waals surface area (Å²) >= 11 is 0. The number of fused-ring (bicyclic) bond motifs is 1. The summed E-state index contributed by atoms with van der Waals surface area (Å²) in [6.07, 6.45) is 3.38. The van der Waals surface area contributed by atoms with Gasteiger partial charge in [0.2, 0.25) is 0 Å². The smallest absolute Gasteiger partial charge is 0.137 e. The second kappa shape index (κ2) is 6.33. The normalized spacial score (nSPS) is 12.5. The van der Waals surface area contributed by atoms with Crippen LogP contribution in [0, 0.1) is 5.92 Å². The summed E-state index contributed by atoms with van der Waals surface area (Å²) < 4.78 is 0. The van der Waals surface area contributed by atoms with E-state index in [1.165, 1.54) is 6.33 Å². The second-order valence-electron chi connectivity index (χ2n) is 4.67. The third kappa shape index (κ3) is 3.32. The van der Waals surface area contributed by atoms with Gasteiger partial charge in [0.1, 0.15) is 12.1 Å². The van der Waals surface area contributed by atoms with Crippen molar-refractivity contribution < 1.29 is 5.11 Å². The Hall–Kier alpha value is -1.88. The Bertz CT molecular complexity index is 544. The van der Waals surface area contributed by atoms with E-state index in [9.17, 15) is 0 Å². The number of nitrogens with zero attached hydrogens (tertiary/aromatic N) is 2. The number of aliphatic hydroxyl groups excluding tert-OH is 1. The number of nitrogen functional groups attached to an aromatic ring is 1. The second-order valence-corrected chi connectivity index (χ2v) is 4.67. The molecule has 2 aromatic rings. The molecule has 0 saturated carbocycles. The quantitative estimate of drug-likeness (QED) is 0.692. The molecule has 0 radical (unpaired) electrons. The molecule has 4 N–H and O–H groups in total. The SMILES string of the molecule is CCC(CCO)CNc1ncnc2cc(N)ccc12. The summed E-state index contributed by atoms with van der Waals surface area (Å²) in [4.78, 5) is 8.49. The monoisotopic (exact) mass is 260 g/mol. The van der Waals surface area contributed by atoms with Crippen LogP contribution in [0.4, 0.5) is 11.5 Å². The first kappa shape index (κ1) is 13.5. The Balaban J connectivity index is 2.16. The molecule has 19 heavy (non-hydrogen) atoms. The molecule has 0 aliphatic heterocycles. The molecule has 0 spiro atoms. The fourth-order valence-corrected chi connectivity index (χ4v) is 2.09. The largest absolute Gasteiger partial charge is 0.399 e. The first-order valence-electron chi connectivity index (χ1n) is 6.59. The average molecular weight is 260 g/mol. The minimum absolute atomic E-state index is 0.223. The number of hydrogen-bond donors (Lipinski definition) is 3. The number of nitrogens with one attached hydrogen (secondary N) is 1. The molecule has 1 aromatic carbocycles. The van der Waals surface area contributed by atoms with E-state index in [0.717, 1.165) is 36.1 Å². The molecule has 0 aliphatic carbocycles. The van der Waals surface area contributed by atoms with Crippen molar-refractivity contribution in [1.29, 1.82) is 0 Å². The Kier molecular flexibility index (Phi) is 4.52. The van der Waals surface area contributed by atoms with Crippen LogP contribution >= 0.6 is 0 Å². The van der Waals surface area contributed by atoms with E-state index in [2.05, 4.69) is 22.2 Å². The highest BCUT2D eigenvalue weighted by Gasteiger charge is 2.08. The Morgan fingerprint density at radius 2 is 2.21 bits per heavy atom.